The van der Waals surface area contributed by atoms with Gasteiger partial charge in [-0.25, -0.2) is 0 Å². The molecule has 0 saturated carbocycles. The average molecular weight is 405 g/mol. The van der Waals surface area contributed by atoms with E-state index in [0.29, 0.717) is 0 Å². The van der Waals surface area contributed by atoms with Crippen molar-refractivity contribution in [3.63, 3.8) is 0 Å². The molecule has 2 N–H and O–H groups in total. The molecule has 0 radical (unpaired) electrons. The second-order valence-corrected chi connectivity index (χ2v) is 8.03. The van der Waals surface area contributed by atoms with Crippen molar-refractivity contribution in [3.8, 4) is 0 Å². The van der Waals surface area contributed by atoms with Crippen LogP contribution in [-0.4, -0.2) is 11.8 Å². The molecule has 0 aromatic heterocycles. The molecule has 3 aromatic carbocycles. The van der Waals surface area contributed by atoms with Crippen LogP contribution < -0.4 is 10.6 Å². The summed E-state index contributed by atoms with van der Waals surface area (Å²) in [6.07, 6.45) is 0. The number of rotatable bonds is 6. The number of hydrogen-bond donors (Lipinski definition) is 2. The molecule has 3 aromatic rings. The number of hydrogen-bond acceptors (Lipinski definition) is 3. The third kappa shape index (κ3) is 5.48. The van der Waals surface area contributed by atoms with Crippen molar-refractivity contribution in [2.24, 2.45) is 0 Å². The molecule has 1 atom stereocenters. The Bertz CT molecular complexity index is 1000. The number of benzene rings is 3. The Balaban J connectivity index is 1.84. The molecule has 0 bridgehead atoms. The summed E-state index contributed by atoms with van der Waals surface area (Å²) in [6.45, 7) is 5.52. The number of carbonyl (C=O) groups is 2. The van der Waals surface area contributed by atoms with Crippen LogP contribution in [0.5, 0.6) is 0 Å². The Morgan fingerprint density at radius 2 is 1.52 bits per heavy atom. The molecule has 0 aliphatic rings. The van der Waals surface area contributed by atoms with E-state index in [0.717, 1.165) is 33.0 Å². The van der Waals surface area contributed by atoms with Crippen LogP contribution in [0.1, 0.15) is 28.9 Å². The van der Waals surface area contributed by atoms with Gasteiger partial charge in [0.05, 0.1) is 0 Å². The summed E-state index contributed by atoms with van der Waals surface area (Å²) in [4.78, 5) is 25.4. The largest absolute Gasteiger partial charge is 0.326 e. The van der Waals surface area contributed by atoms with Crippen molar-refractivity contribution in [2.45, 2.75) is 30.9 Å². The standard InChI is InChI=1S/C24H24N2O2S/c1-16-8-7-11-22(17(16)2)26-24(28)23(19-9-5-4-6-10-19)29-21-14-12-20(13-15-21)25-18(3)27/h4-15,23H,1-3H3,(H,25,27)(H,26,28). The molecule has 1 unspecified atom stereocenters. The predicted octanol–water partition coefficient (Wildman–Crippen LogP) is 5.73. The highest BCUT2D eigenvalue weighted by atomic mass is 32.2. The number of thioether (sulfide) groups is 1. The van der Waals surface area contributed by atoms with Gasteiger partial charge in [0.2, 0.25) is 11.8 Å². The van der Waals surface area contributed by atoms with Crippen molar-refractivity contribution in [1.82, 2.24) is 0 Å². The lowest BCUT2D eigenvalue weighted by Crippen LogP contribution is -2.19. The number of anilines is 2. The van der Waals surface area contributed by atoms with E-state index in [4.69, 9.17) is 0 Å². The minimum Gasteiger partial charge on any atom is -0.326 e. The van der Waals surface area contributed by atoms with Crippen LogP contribution in [0.2, 0.25) is 0 Å². The molecule has 3 rings (SSSR count). The molecule has 148 valence electrons. The molecule has 4 nitrogen and oxygen atoms in total. The maximum Gasteiger partial charge on any atom is 0.242 e. The Kier molecular flexibility index (Phi) is 6.73. The van der Waals surface area contributed by atoms with Crippen LogP contribution in [0.25, 0.3) is 0 Å². The Hall–Kier alpha value is -3.05. The van der Waals surface area contributed by atoms with Gasteiger partial charge in [0.25, 0.3) is 0 Å². The van der Waals surface area contributed by atoms with Gasteiger partial charge in [0, 0.05) is 23.2 Å². The molecule has 0 fully saturated rings. The fraction of sp³-hybridized carbons (Fsp3) is 0.167. The molecule has 5 heteroatoms. The minimum atomic E-state index is -0.400. The fourth-order valence-corrected chi connectivity index (χ4v) is 3.97. The normalized spacial score (nSPS) is 11.6. The topological polar surface area (TPSA) is 58.2 Å². The van der Waals surface area contributed by atoms with Gasteiger partial charge in [0.1, 0.15) is 5.25 Å². The van der Waals surface area contributed by atoms with Gasteiger partial charge in [-0.05, 0) is 60.9 Å². The third-order valence-electron chi connectivity index (χ3n) is 4.63. The van der Waals surface area contributed by atoms with E-state index in [-0.39, 0.29) is 11.8 Å². The lowest BCUT2D eigenvalue weighted by atomic mass is 10.1. The second kappa shape index (κ2) is 9.43. The first-order chi connectivity index (χ1) is 13.9. The van der Waals surface area contributed by atoms with E-state index in [2.05, 4.69) is 10.6 Å². The summed E-state index contributed by atoms with van der Waals surface area (Å²) in [5, 5.41) is 5.45. The summed E-state index contributed by atoms with van der Waals surface area (Å²) >= 11 is 1.48. The maximum atomic E-state index is 13.2. The minimum absolute atomic E-state index is 0.0687. The highest BCUT2D eigenvalue weighted by molar-refractivity contribution is 8.00. The fourth-order valence-electron chi connectivity index (χ4n) is 2.94. The SMILES string of the molecule is CC(=O)Nc1ccc(SC(C(=O)Nc2cccc(C)c2C)c2ccccc2)cc1. The lowest BCUT2D eigenvalue weighted by Gasteiger charge is -2.18. The van der Waals surface area contributed by atoms with Crippen molar-refractivity contribution in [1.29, 1.82) is 0 Å². The predicted molar refractivity (Wildman–Crippen MR) is 120 cm³/mol. The van der Waals surface area contributed by atoms with Crippen LogP contribution >= 0.6 is 11.8 Å². The molecule has 0 aliphatic carbocycles. The first-order valence-corrected chi connectivity index (χ1v) is 10.3. The number of amides is 2. The third-order valence-corrected chi connectivity index (χ3v) is 5.90. The Morgan fingerprint density at radius 3 is 2.17 bits per heavy atom. The summed E-state index contributed by atoms with van der Waals surface area (Å²) in [5.41, 5.74) is 4.71. The zero-order valence-electron chi connectivity index (χ0n) is 16.7. The zero-order valence-corrected chi connectivity index (χ0v) is 17.5. The first kappa shape index (κ1) is 20.7. The van der Waals surface area contributed by atoms with Crippen LogP contribution in [0.4, 0.5) is 11.4 Å². The summed E-state index contributed by atoms with van der Waals surface area (Å²) in [6, 6.07) is 23.2. The van der Waals surface area contributed by atoms with E-state index in [1.165, 1.54) is 18.7 Å². The summed E-state index contributed by atoms with van der Waals surface area (Å²) < 4.78 is 0. The number of aryl methyl sites for hydroxylation is 1. The van der Waals surface area contributed by atoms with Crippen molar-refractivity contribution in [3.05, 3.63) is 89.5 Å². The van der Waals surface area contributed by atoms with Gasteiger partial charge >= 0.3 is 0 Å². The molecular weight excluding hydrogens is 380 g/mol. The first-order valence-electron chi connectivity index (χ1n) is 9.40. The van der Waals surface area contributed by atoms with Gasteiger partial charge in [-0.2, -0.15) is 0 Å². The summed E-state index contributed by atoms with van der Waals surface area (Å²) in [5.74, 6) is -0.179. The van der Waals surface area contributed by atoms with Crippen LogP contribution in [0.15, 0.2) is 77.7 Å². The number of carbonyl (C=O) groups excluding carboxylic acids is 2. The molecule has 0 aliphatic heterocycles. The second-order valence-electron chi connectivity index (χ2n) is 6.85. The highest BCUT2D eigenvalue weighted by Gasteiger charge is 2.22. The Labute approximate surface area is 175 Å². The summed E-state index contributed by atoms with van der Waals surface area (Å²) in [7, 11) is 0. The van der Waals surface area contributed by atoms with Gasteiger partial charge in [0.15, 0.2) is 0 Å². The van der Waals surface area contributed by atoms with Crippen LogP contribution in [-0.2, 0) is 9.59 Å². The molecule has 0 heterocycles. The monoisotopic (exact) mass is 404 g/mol. The number of nitrogens with one attached hydrogen (secondary N) is 2. The van der Waals surface area contributed by atoms with E-state index in [1.807, 2.05) is 86.6 Å². The molecule has 29 heavy (non-hydrogen) atoms. The van der Waals surface area contributed by atoms with Crippen LogP contribution in [0.3, 0.4) is 0 Å². The van der Waals surface area contributed by atoms with E-state index in [1.54, 1.807) is 0 Å². The van der Waals surface area contributed by atoms with Crippen molar-refractivity contribution >= 4 is 35.0 Å². The average Bonchev–Trinajstić information content (AvgIpc) is 2.71. The van der Waals surface area contributed by atoms with Gasteiger partial charge in [-0.3, -0.25) is 9.59 Å². The van der Waals surface area contributed by atoms with Crippen LogP contribution in [0, 0.1) is 13.8 Å². The molecule has 0 spiro atoms. The lowest BCUT2D eigenvalue weighted by molar-refractivity contribution is -0.116. The van der Waals surface area contributed by atoms with Gasteiger partial charge in [-0.1, -0.05) is 42.5 Å². The molecule has 2 amide bonds. The van der Waals surface area contributed by atoms with Gasteiger partial charge < -0.3 is 10.6 Å². The Morgan fingerprint density at radius 1 is 0.828 bits per heavy atom. The zero-order chi connectivity index (χ0) is 20.8. The van der Waals surface area contributed by atoms with E-state index < -0.39 is 5.25 Å². The molecular formula is C24H24N2O2S. The highest BCUT2D eigenvalue weighted by Crippen LogP contribution is 2.37. The molecule has 0 saturated heterocycles. The quantitative estimate of drug-likeness (QED) is 0.516. The van der Waals surface area contributed by atoms with Gasteiger partial charge in [-0.15, -0.1) is 11.8 Å². The van der Waals surface area contributed by atoms with Crippen molar-refractivity contribution in [2.75, 3.05) is 10.6 Å². The smallest absolute Gasteiger partial charge is 0.242 e. The maximum absolute atomic E-state index is 13.2. The van der Waals surface area contributed by atoms with E-state index in [9.17, 15) is 9.59 Å². The van der Waals surface area contributed by atoms with E-state index >= 15 is 0 Å². The van der Waals surface area contributed by atoms with Crippen molar-refractivity contribution < 1.29 is 9.59 Å².